The summed E-state index contributed by atoms with van der Waals surface area (Å²) in [7, 11) is 0. The zero-order valence-electron chi connectivity index (χ0n) is 25.3. The van der Waals surface area contributed by atoms with E-state index in [1.54, 1.807) is 0 Å². The van der Waals surface area contributed by atoms with Crippen LogP contribution in [0.4, 0.5) is 0 Å². The van der Waals surface area contributed by atoms with Gasteiger partial charge in [-0.3, -0.25) is 9.59 Å². The molecular formula is C30H56O7. The summed E-state index contributed by atoms with van der Waals surface area (Å²) in [5, 5.41) is 11.5. The molecular weight excluding hydrogens is 472 g/mol. The van der Waals surface area contributed by atoms with E-state index in [0.717, 1.165) is 38.5 Å². The molecule has 0 saturated heterocycles. The Labute approximate surface area is 226 Å². The molecule has 0 bridgehead atoms. The molecule has 0 radical (unpaired) electrons. The lowest BCUT2D eigenvalue weighted by molar-refractivity contribution is -0.194. The molecule has 0 saturated carbocycles. The lowest BCUT2D eigenvalue weighted by Gasteiger charge is -2.35. The molecule has 0 rings (SSSR count). The standard InChI is InChI=1S/C30H56O7/c1-10-16-19-27(7,13-4)35-24(31)22-30(34,26(33)37-29(9,15-6)21-18-12-3)23-25(32)36-28(8,14-5)20-17-11-2/h34H,10-23H2,1-9H3. The van der Waals surface area contributed by atoms with Gasteiger partial charge in [-0.15, -0.1) is 0 Å². The van der Waals surface area contributed by atoms with Gasteiger partial charge in [0.15, 0.2) is 5.60 Å². The highest BCUT2D eigenvalue weighted by Gasteiger charge is 2.47. The van der Waals surface area contributed by atoms with Crippen LogP contribution in [0.2, 0.25) is 0 Å². The number of hydrogen-bond acceptors (Lipinski definition) is 7. The highest BCUT2D eigenvalue weighted by Crippen LogP contribution is 2.31. The topological polar surface area (TPSA) is 99.1 Å². The largest absolute Gasteiger partial charge is 0.459 e. The summed E-state index contributed by atoms with van der Waals surface area (Å²) >= 11 is 0. The molecule has 0 spiro atoms. The van der Waals surface area contributed by atoms with Crippen molar-refractivity contribution in [1.29, 1.82) is 0 Å². The Morgan fingerprint density at radius 3 is 1.14 bits per heavy atom. The summed E-state index contributed by atoms with van der Waals surface area (Å²) in [6.45, 7) is 17.5. The predicted octanol–water partition coefficient (Wildman–Crippen LogP) is 7.20. The van der Waals surface area contributed by atoms with Crippen molar-refractivity contribution in [3.8, 4) is 0 Å². The maximum Gasteiger partial charge on any atom is 0.339 e. The Balaban J connectivity index is 5.92. The highest BCUT2D eigenvalue weighted by atomic mass is 16.6. The van der Waals surface area contributed by atoms with Crippen molar-refractivity contribution >= 4 is 17.9 Å². The average molecular weight is 529 g/mol. The van der Waals surface area contributed by atoms with Crippen LogP contribution in [-0.2, 0) is 28.6 Å². The highest BCUT2D eigenvalue weighted by molar-refractivity contribution is 5.90. The first-order valence-corrected chi connectivity index (χ1v) is 14.6. The molecule has 0 fully saturated rings. The number of hydrogen-bond donors (Lipinski definition) is 1. The van der Waals surface area contributed by atoms with E-state index in [-0.39, 0.29) is 0 Å². The monoisotopic (exact) mass is 528 g/mol. The molecule has 37 heavy (non-hydrogen) atoms. The maximum atomic E-state index is 13.4. The van der Waals surface area contributed by atoms with E-state index < -0.39 is 53.2 Å². The van der Waals surface area contributed by atoms with Crippen LogP contribution in [0.15, 0.2) is 0 Å². The van der Waals surface area contributed by atoms with Gasteiger partial charge >= 0.3 is 17.9 Å². The van der Waals surface area contributed by atoms with Crippen molar-refractivity contribution in [2.45, 2.75) is 175 Å². The number of aliphatic hydroxyl groups is 1. The molecule has 1 N–H and O–H groups in total. The molecule has 7 nitrogen and oxygen atoms in total. The minimum absolute atomic E-state index is 0.541. The van der Waals surface area contributed by atoms with E-state index in [0.29, 0.717) is 38.5 Å². The lowest BCUT2D eigenvalue weighted by Crippen LogP contribution is -2.49. The van der Waals surface area contributed by atoms with Crippen LogP contribution in [0.1, 0.15) is 152 Å². The van der Waals surface area contributed by atoms with E-state index in [4.69, 9.17) is 14.2 Å². The minimum atomic E-state index is -2.38. The molecule has 0 aliphatic rings. The fourth-order valence-corrected chi connectivity index (χ4v) is 4.18. The van der Waals surface area contributed by atoms with Gasteiger partial charge in [-0.25, -0.2) is 4.79 Å². The van der Waals surface area contributed by atoms with Crippen LogP contribution in [0.25, 0.3) is 0 Å². The van der Waals surface area contributed by atoms with Crippen LogP contribution >= 0.6 is 0 Å². The smallest absolute Gasteiger partial charge is 0.339 e. The first-order chi connectivity index (χ1) is 17.2. The molecule has 0 aromatic carbocycles. The second kappa shape index (κ2) is 16.4. The molecule has 0 heterocycles. The Hall–Kier alpha value is -1.63. The third-order valence-electron chi connectivity index (χ3n) is 7.73. The molecule has 3 atom stereocenters. The number of esters is 3. The molecule has 0 aliphatic heterocycles. The van der Waals surface area contributed by atoms with E-state index in [2.05, 4.69) is 13.8 Å². The molecule has 0 amide bonds. The number of ether oxygens (including phenoxy) is 3. The number of carbonyl (C=O) groups excluding carboxylic acids is 3. The van der Waals surface area contributed by atoms with Gasteiger partial charge in [0.05, 0.1) is 12.8 Å². The minimum Gasteiger partial charge on any atom is -0.459 e. The zero-order chi connectivity index (χ0) is 28.8. The van der Waals surface area contributed by atoms with Crippen LogP contribution in [0, 0.1) is 0 Å². The Morgan fingerprint density at radius 1 is 0.568 bits per heavy atom. The predicted molar refractivity (Wildman–Crippen MR) is 147 cm³/mol. The fourth-order valence-electron chi connectivity index (χ4n) is 4.18. The molecule has 0 aromatic heterocycles. The Bertz CT molecular complexity index is 668. The van der Waals surface area contributed by atoms with Gasteiger partial charge in [-0.05, 0) is 78.6 Å². The number of carbonyl (C=O) groups is 3. The molecule has 7 heteroatoms. The van der Waals surface area contributed by atoms with Gasteiger partial charge in [0, 0.05) is 0 Å². The van der Waals surface area contributed by atoms with Gasteiger partial charge in [0.1, 0.15) is 16.8 Å². The van der Waals surface area contributed by atoms with Crippen molar-refractivity contribution in [2.75, 3.05) is 0 Å². The first-order valence-electron chi connectivity index (χ1n) is 14.6. The van der Waals surface area contributed by atoms with Gasteiger partial charge in [0.25, 0.3) is 0 Å². The van der Waals surface area contributed by atoms with Gasteiger partial charge in [0.2, 0.25) is 0 Å². The summed E-state index contributed by atoms with van der Waals surface area (Å²) in [4.78, 5) is 39.5. The SMILES string of the molecule is CCCCC(C)(CC)OC(=O)CC(O)(CC(=O)OC(C)(CC)CCCC)C(=O)OC(C)(CC)CCCC. The van der Waals surface area contributed by atoms with E-state index in [1.165, 1.54) is 0 Å². The van der Waals surface area contributed by atoms with Crippen LogP contribution in [-0.4, -0.2) is 45.4 Å². The van der Waals surface area contributed by atoms with Crippen molar-refractivity contribution in [3.05, 3.63) is 0 Å². The van der Waals surface area contributed by atoms with Gasteiger partial charge < -0.3 is 19.3 Å². The normalized spacial score (nSPS) is 18.0. The quantitative estimate of drug-likeness (QED) is 0.132. The molecule has 0 aliphatic carbocycles. The van der Waals surface area contributed by atoms with Crippen molar-refractivity contribution in [3.63, 3.8) is 0 Å². The fraction of sp³-hybridized carbons (Fsp3) is 0.900. The van der Waals surface area contributed by atoms with Crippen molar-refractivity contribution in [2.24, 2.45) is 0 Å². The summed E-state index contributed by atoms with van der Waals surface area (Å²) in [6.07, 6.45) is 7.81. The Morgan fingerprint density at radius 2 is 0.865 bits per heavy atom. The third-order valence-corrected chi connectivity index (χ3v) is 7.73. The summed E-state index contributed by atoms with van der Waals surface area (Å²) < 4.78 is 17.3. The number of rotatable bonds is 20. The van der Waals surface area contributed by atoms with E-state index in [1.807, 2.05) is 48.5 Å². The van der Waals surface area contributed by atoms with Crippen molar-refractivity contribution < 1.29 is 33.7 Å². The van der Waals surface area contributed by atoms with Crippen LogP contribution < -0.4 is 0 Å². The van der Waals surface area contributed by atoms with E-state index >= 15 is 0 Å². The number of unbranched alkanes of at least 4 members (excludes halogenated alkanes) is 3. The zero-order valence-corrected chi connectivity index (χ0v) is 25.3. The first kappa shape index (κ1) is 35.4. The van der Waals surface area contributed by atoms with Gasteiger partial charge in [-0.1, -0.05) is 60.8 Å². The van der Waals surface area contributed by atoms with Crippen LogP contribution in [0.3, 0.4) is 0 Å². The molecule has 0 aromatic rings. The lowest BCUT2D eigenvalue weighted by atomic mass is 9.91. The molecule has 218 valence electrons. The summed E-state index contributed by atoms with van der Waals surface area (Å²) in [5.74, 6) is -2.45. The maximum absolute atomic E-state index is 13.4. The second-order valence-corrected chi connectivity index (χ2v) is 11.4. The van der Waals surface area contributed by atoms with Gasteiger partial charge in [-0.2, -0.15) is 0 Å². The summed E-state index contributed by atoms with van der Waals surface area (Å²) in [6, 6.07) is 0. The van der Waals surface area contributed by atoms with Crippen LogP contribution in [0.5, 0.6) is 0 Å². The average Bonchev–Trinajstić information content (AvgIpc) is 2.84. The van der Waals surface area contributed by atoms with E-state index in [9.17, 15) is 19.5 Å². The second-order valence-electron chi connectivity index (χ2n) is 11.4. The third kappa shape index (κ3) is 12.6. The molecule has 3 unspecified atom stereocenters. The Kier molecular flexibility index (Phi) is 15.6. The van der Waals surface area contributed by atoms with Crippen molar-refractivity contribution in [1.82, 2.24) is 0 Å². The summed E-state index contributed by atoms with van der Waals surface area (Å²) in [5.41, 5.74) is -4.61.